The van der Waals surface area contributed by atoms with Gasteiger partial charge in [0.25, 0.3) is 11.8 Å². The lowest BCUT2D eigenvalue weighted by Crippen LogP contribution is -2.54. The van der Waals surface area contributed by atoms with Crippen LogP contribution < -0.4 is 14.8 Å². The second-order valence-corrected chi connectivity index (χ2v) is 8.32. The summed E-state index contributed by atoms with van der Waals surface area (Å²) in [5, 5.41) is 2.19. The molecule has 1 saturated heterocycles. The second kappa shape index (κ2) is 8.11. The number of piperidine rings is 1. The van der Waals surface area contributed by atoms with Crippen molar-refractivity contribution in [3.05, 3.63) is 59.2 Å². The molecule has 0 spiro atoms. The van der Waals surface area contributed by atoms with Crippen LogP contribution in [0.2, 0.25) is 0 Å². The molecule has 0 radical (unpaired) electrons. The molecule has 8 nitrogen and oxygen atoms in total. The molecule has 0 aromatic heterocycles. The number of nitrogens with one attached hydrogen (secondary N) is 1. The van der Waals surface area contributed by atoms with Gasteiger partial charge in [0.05, 0.1) is 17.7 Å². The first-order valence-corrected chi connectivity index (χ1v) is 10.7. The van der Waals surface area contributed by atoms with E-state index in [9.17, 15) is 19.2 Å². The molecule has 1 atom stereocenters. The Morgan fingerprint density at radius 1 is 0.938 bits per heavy atom. The van der Waals surface area contributed by atoms with E-state index in [2.05, 4.69) is 5.32 Å². The lowest BCUT2D eigenvalue weighted by Gasteiger charge is -2.27. The van der Waals surface area contributed by atoms with Gasteiger partial charge in [-0.25, -0.2) is 0 Å². The van der Waals surface area contributed by atoms with Crippen LogP contribution in [0.1, 0.15) is 52.0 Å². The molecule has 2 heterocycles. The lowest BCUT2D eigenvalue weighted by atomic mass is 10.0. The van der Waals surface area contributed by atoms with Gasteiger partial charge in [-0.15, -0.1) is 0 Å². The number of amides is 4. The quantitative estimate of drug-likeness (QED) is 0.672. The first kappa shape index (κ1) is 20.2. The number of hydrogen-bond acceptors (Lipinski definition) is 6. The monoisotopic (exact) mass is 434 g/mol. The normalized spacial score (nSPS) is 20.2. The van der Waals surface area contributed by atoms with Gasteiger partial charge in [-0.1, -0.05) is 18.2 Å². The molecular formula is C24H22N2O6. The van der Waals surface area contributed by atoms with Gasteiger partial charge in [-0.3, -0.25) is 29.4 Å². The number of benzene rings is 2. The van der Waals surface area contributed by atoms with Gasteiger partial charge in [-0.2, -0.15) is 0 Å². The van der Waals surface area contributed by atoms with Crippen LogP contribution in [0, 0.1) is 5.92 Å². The third-order valence-corrected chi connectivity index (χ3v) is 5.91. The highest BCUT2D eigenvalue weighted by Gasteiger charge is 2.46. The fourth-order valence-corrected chi connectivity index (χ4v) is 3.99. The average Bonchev–Trinajstić information content (AvgIpc) is 3.58. The number of carbonyl (C=O) groups excluding carboxylic acids is 4. The molecule has 3 aliphatic rings. The summed E-state index contributed by atoms with van der Waals surface area (Å²) in [6.45, 7) is 0.903. The van der Waals surface area contributed by atoms with Crippen LogP contribution in [-0.4, -0.2) is 41.2 Å². The standard InChI is InChI=1S/C24H22N2O6/c27-20-10-9-18(22(28)25-20)26-23(29)17-5-2-6-19(21(17)24(26)30)32-13-15-3-1-4-16(11-15)31-12-14-7-8-14/h1-6,11,14,18H,7-10,12-13H2,(H,25,27,28). The topological polar surface area (TPSA) is 102 Å². The molecule has 5 rings (SSSR count). The Kier molecular flexibility index (Phi) is 5.13. The zero-order chi connectivity index (χ0) is 22.2. The van der Waals surface area contributed by atoms with Crippen molar-refractivity contribution in [1.29, 1.82) is 0 Å². The molecule has 164 valence electrons. The minimum atomic E-state index is -1.01. The minimum Gasteiger partial charge on any atom is -0.493 e. The van der Waals surface area contributed by atoms with Crippen LogP contribution >= 0.6 is 0 Å². The smallest absolute Gasteiger partial charge is 0.266 e. The van der Waals surface area contributed by atoms with Crippen molar-refractivity contribution in [3.63, 3.8) is 0 Å². The molecule has 2 aromatic rings. The Hall–Kier alpha value is -3.68. The number of nitrogens with zero attached hydrogens (tertiary/aromatic N) is 1. The molecule has 2 aromatic carbocycles. The van der Waals surface area contributed by atoms with Gasteiger partial charge in [0.2, 0.25) is 11.8 Å². The van der Waals surface area contributed by atoms with Crippen molar-refractivity contribution < 1.29 is 28.7 Å². The molecular weight excluding hydrogens is 412 g/mol. The van der Waals surface area contributed by atoms with Crippen LogP contribution in [0.15, 0.2) is 42.5 Å². The summed E-state index contributed by atoms with van der Waals surface area (Å²) in [5.74, 6) is -0.488. The van der Waals surface area contributed by atoms with Crippen molar-refractivity contribution in [2.75, 3.05) is 6.61 Å². The summed E-state index contributed by atoms with van der Waals surface area (Å²) in [6.07, 6.45) is 2.61. The Morgan fingerprint density at radius 2 is 1.75 bits per heavy atom. The molecule has 0 bridgehead atoms. The first-order chi connectivity index (χ1) is 15.5. The first-order valence-electron chi connectivity index (χ1n) is 10.7. The third-order valence-electron chi connectivity index (χ3n) is 5.91. The molecule has 1 saturated carbocycles. The maximum absolute atomic E-state index is 13.1. The summed E-state index contributed by atoms with van der Waals surface area (Å²) < 4.78 is 11.7. The lowest BCUT2D eigenvalue weighted by molar-refractivity contribution is -0.136. The summed E-state index contributed by atoms with van der Waals surface area (Å²) in [7, 11) is 0. The van der Waals surface area contributed by atoms with Crippen molar-refractivity contribution in [3.8, 4) is 11.5 Å². The number of carbonyl (C=O) groups is 4. The highest BCUT2D eigenvalue weighted by Crippen LogP contribution is 2.34. The van der Waals surface area contributed by atoms with E-state index in [0.29, 0.717) is 12.5 Å². The summed E-state index contributed by atoms with van der Waals surface area (Å²) >= 11 is 0. The van der Waals surface area contributed by atoms with E-state index < -0.39 is 29.7 Å². The van der Waals surface area contributed by atoms with Crippen LogP contribution in [0.3, 0.4) is 0 Å². The number of hydrogen-bond donors (Lipinski definition) is 1. The van der Waals surface area contributed by atoms with Gasteiger partial charge in [0.1, 0.15) is 24.1 Å². The summed E-state index contributed by atoms with van der Waals surface area (Å²) in [5.41, 5.74) is 1.21. The SMILES string of the molecule is O=C1CCC(N2C(=O)c3cccc(OCc4cccc(OCC5CC5)c4)c3C2=O)C(=O)N1. The molecule has 32 heavy (non-hydrogen) atoms. The molecule has 4 amide bonds. The van der Waals surface area contributed by atoms with Gasteiger partial charge in [-0.05, 0) is 55.0 Å². The summed E-state index contributed by atoms with van der Waals surface area (Å²) in [4.78, 5) is 50.6. The van der Waals surface area contributed by atoms with Crippen molar-refractivity contribution in [2.24, 2.45) is 5.92 Å². The third kappa shape index (κ3) is 3.84. The van der Waals surface area contributed by atoms with E-state index in [1.54, 1.807) is 18.2 Å². The molecule has 1 unspecified atom stereocenters. The number of ether oxygens (including phenoxy) is 2. The fourth-order valence-electron chi connectivity index (χ4n) is 3.99. The minimum absolute atomic E-state index is 0.0757. The Morgan fingerprint density at radius 3 is 2.53 bits per heavy atom. The highest BCUT2D eigenvalue weighted by molar-refractivity contribution is 6.24. The molecule has 1 N–H and O–H groups in total. The van der Waals surface area contributed by atoms with Crippen LogP contribution in [-0.2, 0) is 16.2 Å². The largest absolute Gasteiger partial charge is 0.493 e. The van der Waals surface area contributed by atoms with Crippen molar-refractivity contribution in [1.82, 2.24) is 10.2 Å². The van der Waals surface area contributed by atoms with Gasteiger partial charge in [0, 0.05) is 6.42 Å². The number of fused-ring (bicyclic) bond motifs is 1. The Balaban J connectivity index is 1.32. The maximum Gasteiger partial charge on any atom is 0.266 e. The highest BCUT2D eigenvalue weighted by atomic mass is 16.5. The van der Waals surface area contributed by atoms with Crippen LogP contribution in [0.5, 0.6) is 11.5 Å². The predicted octanol–water partition coefficient (Wildman–Crippen LogP) is 2.46. The van der Waals surface area contributed by atoms with E-state index >= 15 is 0 Å². The van der Waals surface area contributed by atoms with Crippen LogP contribution in [0.4, 0.5) is 0 Å². The van der Waals surface area contributed by atoms with Gasteiger partial charge in [0.15, 0.2) is 0 Å². The van der Waals surface area contributed by atoms with E-state index in [1.165, 1.54) is 12.8 Å². The molecule has 2 fully saturated rings. The second-order valence-electron chi connectivity index (χ2n) is 8.32. The zero-order valence-corrected chi connectivity index (χ0v) is 17.3. The van der Waals surface area contributed by atoms with E-state index in [0.717, 1.165) is 16.2 Å². The van der Waals surface area contributed by atoms with Gasteiger partial charge >= 0.3 is 0 Å². The molecule has 8 heteroatoms. The summed E-state index contributed by atoms with van der Waals surface area (Å²) in [6, 6.07) is 11.4. The maximum atomic E-state index is 13.1. The number of imide groups is 2. The van der Waals surface area contributed by atoms with Crippen molar-refractivity contribution in [2.45, 2.75) is 38.3 Å². The predicted molar refractivity (Wildman–Crippen MR) is 112 cm³/mol. The fraction of sp³-hybridized carbons (Fsp3) is 0.333. The van der Waals surface area contributed by atoms with Crippen molar-refractivity contribution >= 4 is 23.6 Å². The van der Waals surface area contributed by atoms with E-state index in [1.807, 2.05) is 24.3 Å². The van der Waals surface area contributed by atoms with E-state index in [-0.39, 0.29) is 36.3 Å². The van der Waals surface area contributed by atoms with Crippen LogP contribution in [0.25, 0.3) is 0 Å². The average molecular weight is 434 g/mol. The molecule has 1 aliphatic carbocycles. The van der Waals surface area contributed by atoms with E-state index in [4.69, 9.17) is 9.47 Å². The molecule has 2 aliphatic heterocycles. The number of rotatable bonds is 7. The van der Waals surface area contributed by atoms with Gasteiger partial charge < -0.3 is 9.47 Å². The Bertz CT molecular complexity index is 1120. The zero-order valence-electron chi connectivity index (χ0n) is 17.3. The Labute approximate surface area is 184 Å².